The summed E-state index contributed by atoms with van der Waals surface area (Å²) in [5.74, 6) is 0.190. The lowest BCUT2D eigenvalue weighted by atomic mass is 10.1. The standard InChI is InChI=1S/C12H18ClNO/c1-3-5-9(2)14-8-10-6-4-7-11(13)12(10)15/h4,6-7,9,14-15H,3,5,8H2,1-2H3. The molecule has 3 heteroatoms. The number of hydrogen-bond acceptors (Lipinski definition) is 2. The van der Waals surface area contributed by atoms with Gasteiger partial charge in [0.15, 0.2) is 0 Å². The first-order valence-corrected chi connectivity index (χ1v) is 5.72. The van der Waals surface area contributed by atoms with Crippen LogP contribution in [0.15, 0.2) is 18.2 Å². The van der Waals surface area contributed by atoms with E-state index in [1.165, 1.54) is 0 Å². The van der Waals surface area contributed by atoms with Crippen LogP contribution in [0.25, 0.3) is 0 Å². The Labute approximate surface area is 96.3 Å². The van der Waals surface area contributed by atoms with Crippen LogP contribution in [0.3, 0.4) is 0 Å². The number of aromatic hydroxyl groups is 1. The lowest BCUT2D eigenvalue weighted by Gasteiger charge is -2.13. The largest absolute Gasteiger partial charge is 0.506 e. The van der Waals surface area contributed by atoms with Crippen molar-refractivity contribution in [3.63, 3.8) is 0 Å². The van der Waals surface area contributed by atoms with Crippen LogP contribution in [-0.2, 0) is 6.54 Å². The number of halogens is 1. The summed E-state index contributed by atoms with van der Waals surface area (Å²) in [5.41, 5.74) is 0.852. The minimum atomic E-state index is 0.190. The summed E-state index contributed by atoms with van der Waals surface area (Å²) < 4.78 is 0. The molecular formula is C12H18ClNO. The minimum absolute atomic E-state index is 0.190. The second-order valence-electron chi connectivity index (χ2n) is 3.82. The van der Waals surface area contributed by atoms with Gasteiger partial charge < -0.3 is 10.4 Å². The maximum atomic E-state index is 9.67. The number of phenols is 1. The van der Waals surface area contributed by atoms with Crippen molar-refractivity contribution in [1.29, 1.82) is 0 Å². The third-order valence-corrected chi connectivity index (χ3v) is 2.74. The molecule has 0 saturated heterocycles. The van der Waals surface area contributed by atoms with Crippen LogP contribution in [-0.4, -0.2) is 11.1 Å². The van der Waals surface area contributed by atoms with E-state index in [1.54, 1.807) is 6.07 Å². The molecule has 1 atom stereocenters. The number of benzene rings is 1. The minimum Gasteiger partial charge on any atom is -0.506 e. The molecule has 2 N–H and O–H groups in total. The summed E-state index contributed by atoms with van der Waals surface area (Å²) in [7, 11) is 0. The highest BCUT2D eigenvalue weighted by atomic mass is 35.5. The number of hydrogen-bond donors (Lipinski definition) is 2. The molecular weight excluding hydrogens is 210 g/mol. The van der Waals surface area contributed by atoms with Gasteiger partial charge in [-0.3, -0.25) is 0 Å². The zero-order valence-corrected chi connectivity index (χ0v) is 10.0. The third-order valence-electron chi connectivity index (χ3n) is 2.43. The van der Waals surface area contributed by atoms with Gasteiger partial charge in [0.05, 0.1) is 5.02 Å². The normalized spacial score (nSPS) is 12.7. The van der Waals surface area contributed by atoms with E-state index in [9.17, 15) is 5.11 Å². The molecule has 0 radical (unpaired) electrons. The van der Waals surface area contributed by atoms with Crippen molar-refractivity contribution in [3.05, 3.63) is 28.8 Å². The van der Waals surface area contributed by atoms with Crippen LogP contribution in [0.1, 0.15) is 32.3 Å². The molecule has 0 aliphatic rings. The molecule has 0 heterocycles. The predicted octanol–water partition coefficient (Wildman–Crippen LogP) is 3.32. The fraction of sp³-hybridized carbons (Fsp3) is 0.500. The average Bonchev–Trinajstić information content (AvgIpc) is 2.21. The van der Waals surface area contributed by atoms with Gasteiger partial charge in [0, 0.05) is 18.2 Å². The molecule has 0 aliphatic heterocycles. The highest BCUT2D eigenvalue weighted by Gasteiger charge is 2.06. The topological polar surface area (TPSA) is 32.3 Å². The highest BCUT2D eigenvalue weighted by molar-refractivity contribution is 6.32. The molecule has 15 heavy (non-hydrogen) atoms. The van der Waals surface area contributed by atoms with E-state index >= 15 is 0 Å². The van der Waals surface area contributed by atoms with Gasteiger partial charge in [-0.05, 0) is 19.4 Å². The quantitative estimate of drug-likeness (QED) is 0.809. The van der Waals surface area contributed by atoms with Crippen LogP contribution >= 0.6 is 11.6 Å². The van der Waals surface area contributed by atoms with Gasteiger partial charge in [0.25, 0.3) is 0 Å². The molecule has 1 aromatic rings. The predicted molar refractivity (Wildman–Crippen MR) is 64.3 cm³/mol. The summed E-state index contributed by atoms with van der Waals surface area (Å²) in [6.07, 6.45) is 2.30. The number of nitrogens with one attached hydrogen (secondary N) is 1. The Morgan fingerprint density at radius 2 is 2.20 bits per heavy atom. The van der Waals surface area contributed by atoms with Crippen LogP contribution in [0, 0.1) is 0 Å². The van der Waals surface area contributed by atoms with E-state index in [1.807, 2.05) is 12.1 Å². The molecule has 0 aliphatic carbocycles. The first kappa shape index (κ1) is 12.3. The fourth-order valence-electron chi connectivity index (χ4n) is 1.52. The van der Waals surface area contributed by atoms with Crippen LogP contribution in [0.2, 0.25) is 5.02 Å². The Morgan fingerprint density at radius 1 is 1.47 bits per heavy atom. The average molecular weight is 228 g/mol. The SMILES string of the molecule is CCCC(C)NCc1cccc(Cl)c1O. The second kappa shape index (κ2) is 5.99. The van der Waals surface area contributed by atoms with E-state index in [2.05, 4.69) is 19.2 Å². The van der Waals surface area contributed by atoms with Gasteiger partial charge in [0.2, 0.25) is 0 Å². The van der Waals surface area contributed by atoms with Gasteiger partial charge >= 0.3 is 0 Å². The highest BCUT2D eigenvalue weighted by Crippen LogP contribution is 2.26. The van der Waals surface area contributed by atoms with Crippen molar-refractivity contribution in [2.24, 2.45) is 0 Å². The summed E-state index contributed by atoms with van der Waals surface area (Å²) in [6.45, 7) is 4.97. The summed E-state index contributed by atoms with van der Waals surface area (Å²) in [4.78, 5) is 0. The molecule has 0 bridgehead atoms. The van der Waals surface area contributed by atoms with Gasteiger partial charge in [-0.15, -0.1) is 0 Å². The summed E-state index contributed by atoms with van der Waals surface area (Å²) in [6, 6.07) is 5.89. The molecule has 84 valence electrons. The van der Waals surface area contributed by atoms with Gasteiger partial charge in [-0.1, -0.05) is 37.1 Å². The van der Waals surface area contributed by atoms with Crippen LogP contribution in [0.5, 0.6) is 5.75 Å². The van der Waals surface area contributed by atoms with E-state index in [0.29, 0.717) is 17.6 Å². The zero-order valence-electron chi connectivity index (χ0n) is 9.26. The molecule has 0 fully saturated rings. The molecule has 0 aromatic heterocycles. The number of phenolic OH excluding ortho intramolecular Hbond substituents is 1. The molecule has 1 unspecified atom stereocenters. The lowest BCUT2D eigenvalue weighted by molar-refractivity contribution is 0.454. The summed E-state index contributed by atoms with van der Waals surface area (Å²) in [5, 5.41) is 13.4. The Morgan fingerprint density at radius 3 is 2.87 bits per heavy atom. The molecule has 0 saturated carbocycles. The molecule has 0 amide bonds. The third kappa shape index (κ3) is 3.73. The summed E-state index contributed by atoms with van der Waals surface area (Å²) >= 11 is 5.81. The molecule has 2 nitrogen and oxygen atoms in total. The molecule has 1 rings (SSSR count). The van der Waals surface area contributed by atoms with Crippen molar-refractivity contribution in [2.45, 2.75) is 39.3 Å². The van der Waals surface area contributed by atoms with Crippen molar-refractivity contribution >= 4 is 11.6 Å². The van der Waals surface area contributed by atoms with E-state index in [-0.39, 0.29) is 5.75 Å². The second-order valence-corrected chi connectivity index (χ2v) is 4.23. The number of para-hydroxylation sites is 1. The van der Waals surface area contributed by atoms with E-state index in [4.69, 9.17) is 11.6 Å². The Bertz CT molecular complexity index is 314. The smallest absolute Gasteiger partial charge is 0.138 e. The van der Waals surface area contributed by atoms with Crippen molar-refractivity contribution < 1.29 is 5.11 Å². The van der Waals surface area contributed by atoms with Gasteiger partial charge in [-0.2, -0.15) is 0 Å². The first-order valence-electron chi connectivity index (χ1n) is 5.35. The molecule has 1 aromatic carbocycles. The van der Waals surface area contributed by atoms with Crippen molar-refractivity contribution in [3.8, 4) is 5.75 Å². The van der Waals surface area contributed by atoms with Crippen molar-refractivity contribution in [2.75, 3.05) is 0 Å². The Hall–Kier alpha value is -0.730. The Kier molecular flexibility index (Phi) is 4.92. The van der Waals surface area contributed by atoms with E-state index in [0.717, 1.165) is 18.4 Å². The zero-order chi connectivity index (χ0) is 11.3. The lowest BCUT2D eigenvalue weighted by Crippen LogP contribution is -2.25. The van der Waals surface area contributed by atoms with Gasteiger partial charge in [-0.25, -0.2) is 0 Å². The number of rotatable bonds is 5. The first-order chi connectivity index (χ1) is 7.15. The van der Waals surface area contributed by atoms with Crippen LogP contribution in [0.4, 0.5) is 0 Å². The van der Waals surface area contributed by atoms with Gasteiger partial charge in [0.1, 0.15) is 5.75 Å². The van der Waals surface area contributed by atoms with Crippen molar-refractivity contribution in [1.82, 2.24) is 5.32 Å². The van der Waals surface area contributed by atoms with E-state index < -0.39 is 0 Å². The maximum Gasteiger partial charge on any atom is 0.138 e. The van der Waals surface area contributed by atoms with Crippen LogP contribution < -0.4 is 5.32 Å². The maximum absolute atomic E-state index is 9.67. The monoisotopic (exact) mass is 227 g/mol. The Balaban J connectivity index is 2.54. The fourth-order valence-corrected chi connectivity index (χ4v) is 1.72. The molecule has 0 spiro atoms.